The maximum atomic E-state index is 12.7. The number of nitrogens with zero attached hydrogens (tertiary/aromatic N) is 1. The van der Waals surface area contributed by atoms with Crippen LogP contribution in [0.4, 0.5) is 0 Å². The molecule has 1 aromatic carbocycles. The van der Waals surface area contributed by atoms with Gasteiger partial charge in [0.1, 0.15) is 0 Å². The first kappa shape index (κ1) is 13.6. The van der Waals surface area contributed by atoms with E-state index in [2.05, 4.69) is 13.0 Å². The van der Waals surface area contributed by atoms with Crippen LogP contribution in [0, 0.1) is 25.7 Å². The maximum Gasteiger partial charge on any atom is 0.254 e. The van der Waals surface area contributed by atoms with Gasteiger partial charge in [0.2, 0.25) is 0 Å². The average Bonchev–Trinajstić information content (AvgIpc) is 2.83. The summed E-state index contributed by atoms with van der Waals surface area (Å²) < 4.78 is 0. The summed E-state index contributed by atoms with van der Waals surface area (Å²) in [5, 5.41) is 0. The number of benzene rings is 1. The molecule has 3 rings (SSSR count). The van der Waals surface area contributed by atoms with E-state index in [9.17, 15) is 4.79 Å². The van der Waals surface area contributed by atoms with Crippen LogP contribution in [0.25, 0.3) is 0 Å². The summed E-state index contributed by atoms with van der Waals surface area (Å²) in [7, 11) is 0. The van der Waals surface area contributed by atoms with Gasteiger partial charge in [0.15, 0.2) is 0 Å². The molecule has 3 heteroatoms. The molecule has 0 bridgehead atoms. The summed E-state index contributed by atoms with van der Waals surface area (Å²) in [6.07, 6.45) is 3.57. The monoisotopic (exact) mass is 272 g/mol. The van der Waals surface area contributed by atoms with E-state index in [1.54, 1.807) is 0 Å². The summed E-state index contributed by atoms with van der Waals surface area (Å²) >= 11 is 0. The fourth-order valence-electron chi connectivity index (χ4n) is 3.91. The van der Waals surface area contributed by atoms with Crippen molar-refractivity contribution in [3.8, 4) is 0 Å². The first-order valence-corrected chi connectivity index (χ1v) is 7.68. The first-order valence-electron chi connectivity index (χ1n) is 7.68. The van der Waals surface area contributed by atoms with Crippen LogP contribution < -0.4 is 5.73 Å². The van der Waals surface area contributed by atoms with E-state index in [0.29, 0.717) is 11.8 Å². The van der Waals surface area contributed by atoms with Crippen molar-refractivity contribution in [3.63, 3.8) is 0 Å². The van der Waals surface area contributed by atoms with E-state index in [-0.39, 0.29) is 11.9 Å². The molecule has 20 heavy (non-hydrogen) atoms. The standard InChI is InChI=1S/C17H24N2O/c1-11-6-7-14(12(2)8-11)17(20)19-9-13-4-3-5-16(18)15(13)10-19/h6-8,13,15-16H,3-5,9-10,18H2,1-2H3. The molecule has 0 aromatic heterocycles. The molecule has 2 fully saturated rings. The van der Waals surface area contributed by atoms with E-state index in [4.69, 9.17) is 5.73 Å². The van der Waals surface area contributed by atoms with Gasteiger partial charge in [0.25, 0.3) is 5.91 Å². The molecule has 1 amide bonds. The summed E-state index contributed by atoms with van der Waals surface area (Å²) in [5.41, 5.74) is 9.37. The Morgan fingerprint density at radius 1 is 1.25 bits per heavy atom. The third-order valence-corrected chi connectivity index (χ3v) is 5.05. The Kier molecular flexibility index (Phi) is 3.55. The molecule has 2 N–H and O–H groups in total. The largest absolute Gasteiger partial charge is 0.338 e. The Morgan fingerprint density at radius 2 is 2.05 bits per heavy atom. The van der Waals surface area contributed by atoms with Gasteiger partial charge in [-0.05, 0) is 50.2 Å². The minimum atomic E-state index is 0.184. The first-order chi connectivity index (χ1) is 9.56. The number of fused-ring (bicyclic) bond motifs is 1. The predicted octanol–water partition coefficient (Wildman–Crippen LogP) is 2.50. The van der Waals surface area contributed by atoms with Gasteiger partial charge < -0.3 is 10.6 Å². The number of amides is 1. The lowest BCUT2D eigenvalue weighted by molar-refractivity contribution is 0.0783. The number of hydrogen-bond donors (Lipinski definition) is 1. The normalized spacial score (nSPS) is 29.4. The minimum absolute atomic E-state index is 0.184. The molecule has 108 valence electrons. The lowest BCUT2D eigenvalue weighted by Gasteiger charge is -2.29. The van der Waals surface area contributed by atoms with Gasteiger partial charge in [-0.2, -0.15) is 0 Å². The molecular weight excluding hydrogens is 248 g/mol. The Balaban J connectivity index is 1.78. The van der Waals surface area contributed by atoms with Crippen molar-refractivity contribution in [1.29, 1.82) is 0 Å². The summed E-state index contributed by atoms with van der Waals surface area (Å²) in [4.78, 5) is 14.7. The third kappa shape index (κ3) is 2.35. The zero-order valence-corrected chi connectivity index (χ0v) is 12.4. The molecule has 1 saturated carbocycles. The molecule has 1 saturated heterocycles. The van der Waals surface area contributed by atoms with Gasteiger partial charge >= 0.3 is 0 Å². The number of aryl methyl sites for hydroxylation is 2. The highest BCUT2D eigenvalue weighted by atomic mass is 16.2. The summed E-state index contributed by atoms with van der Waals surface area (Å²) in [6, 6.07) is 6.36. The van der Waals surface area contributed by atoms with Crippen LogP contribution in [0.5, 0.6) is 0 Å². The molecular formula is C17H24N2O. The van der Waals surface area contributed by atoms with Crippen LogP contribution in [0.15, 0.2) is 18.2 Å². The van der Waals surface area contributed by atoms with E-state index in [1.807, 2.05) is 24.0 Å². The number of nitrogens with two attached hydrogens (primary N) is 1. The maximum absolute atomic E-state index is 12.7. The summed E-state index contributed by atoms with van der Waals surface area (Å²) in [5.74, 6) is 1.32. The van der Waals surface area contributed by atoms with Crippen molar-refractivity contribution >= 4 is 5.91 Å². The third-order valence-electron chi connectivity index (χ3n) is 5.05. The molecule has 0 radical (unpaired) electrons. The molecule has 2 aliphatic rings. The van der Waals surface area contributed by atoms with E-state index < -0.39 is 0 Å². The lowest BCUT2D eigenvalue weighted by atomic mass is 9.78. The van der Waals surface area contributed by atoms with Crippen molar-refractivity contribution in [3.05, 3.63) is 34.9 Å². The highest BCUT2D eigenvalue weighted by molar-refractivity contribution is 5.95. The van der Waals surface area contributed by atoms with Gasteiger partial charge in [-0.15, -0.1) is 0 Å². The van der Waals surface area contributed by atoms with Crippen molar-refractivity contribution in [2.24, 2.45) is 17.6 Å². The van der Waals surface area contributed by atoms with Gasteiger partial charge in [0, 0.05) is 24.7 Å². The molecule has 3 unspecified atom stereocenters. The second-order valence-electron chi connectivity index (χ2n) is 6.55. The topological polar surface area (TPSA) is 46.3 Å². The van der Waals surface area contributed by atoms with E-state index in [1.165, 1.54) is 18.4 Å². The van der Waals surface area contributed by atoms with Crippen molar-refractivity contribution in [2.75, 3.05) is 13.1 Å². The smallest absolute Gasteiger partial charge is 0.254 e. The van der Waals surface area contributed by atoms with Gasteiger partial charge in [-0.3, -0.25) is 4.79 Å². The second-order valence-corrected chi connectivity index (χ2v) is 6.55. The molecule has 3 nitrogen and oxygen atoms in total. The Bertz CT molecular complexity index is 526. The molecule has 1 heterocycles. The Morgan fingerprint density at radius 3 is 2.75 bits per heavy atom. The highest BCUT2D eigenvalue weighted by Gasteiger charge is 2.40. The molecule has 1 aromatic rings. The van der Waals surface area contributed by atoms with Crippen LogP contribution >= 0.6 is 0 Å². The predicted molar refractivity (Wildman–Crippen MR) is 80.6 cm³/mol. The Hall–Kier alpha value is -1.35. The number of carbonyl (C=O) groups is 1. The van der Waals surface area contributed by atoms with Crippen LogP contribution in [-0.4, -0.2) is 29.9 Å². The van der Waals surface area contributed by atoms with Crippen molar-refractivity contribution < 1.29 is 4.79 Å². The van der Waals surface area contributed by atoms with Gasteiger partial charge in [-0.25, -0.2) is 0 Å². The van der Waals surface area contributed by atoms with E-state index in [0.717, 1.165) is 30.6 Å². The van der Waals surface area contributed by atoms with Crippen molar-refractivity contribution in [1.82, 2.24) is 4.90 Å². The zero-order valence-electron chi connectivity index (χ0n) is 12.4. The lowest BCUT2D eigenvalue weighted by Crippen LogP contribution is -2.38. The van der Waals surface area contributed by atoms with Gasteiger partial charge in [-0.1, -0.05) is 24.1 Å². The van der Waals surface area contributed by atoms with E-state index >= 15 is 0 Å². The molecule has 0 spiro atoms. The SMILES string of the molecule is Cc1ccc(C(=O)N2CC3CCCC(N)C3C2)c(C)c1. The highest BCUT2D eigenvalue weighted by Crippen LogP contribution is 2.36. The number of carbonyl (C=O) groups excluding carboxylic acids is 1. The molecule has 1 aliphatic heterocycles. The number of rotatable bonds is 1. The van der Waals surface area contributed by atoms with Crippen LogP contribution in [0.3, 0.4) is 0 Å². The van der Waals surface area contributed by atoms with Crippen LogP contribution in [0.2, 0.25) is 0 Å². The summed E-state index contributed by atoms with van der Waals surface area (Å²) in [6.45, 7) is 5.82. The Labute approximate surface area is 121 Å². The number of hydrogen-bond acceptors (Lipinski definition) is 2. The van der Waals surface area contributed by atoms with Crippen LogP contribution in [0.1, 0.15) is 40.7 Å². The fourth-order valence-corrected chi connectivity index (χ4v) is 3.91. The molecule has 1 aliphatic carbocycles. The second kappa shape index (κ2) is 5.21. The number of likely N-dealkylation sites (tertiary alicyclic amines) is 1. The average molecular weight is 272 g/mol. The fraction of sp³-hybridized carbons (Fsp3) is 0.588. The zero-order chi connectivity index (χ0) is 14.3. The van der Waals surface area contributed by atoms with Crippen LogP contribution in [-0.2, 0) is 0 Å². The quantitative estimate of drug-likeness (QED) is 0.854. The molecule has 3 atom stereocenters. The van der Waals surface area contributed by atoms with Crippen molar-refractivity contribution in [2.45, 2.75) is 39.2 Å². The van der Waals surface area contributed by atoms with Gasteiger partial charge in [0.05, 0.1) is 0 Å². The minimum Gasteiger partial charge on any atom is -0.338 e.